The van der Waals surface area contributed by atoms with Crippen molar-refractivity contribution in [3.63, 3.8) is 0 Å². The molecule has 9 heteroatoms. The molecule has 1 aromatic carbocycles. The average molecular weight is 467 g/mol. The van der Waals surface area contributed by atoms with Crippen LogP contribution >= 0.6 is 0 Å². The molecule has 2 N–H and O–H groups in total. The zero-order valence-corrected chi connectivity index (χ0v) is 20.4. The second kappa shape index (κ2) is 10.2. The molecule has 0 saturated heterocycles. The van der Waals surface area contributed by atoms with Gasteiger partial charge >= 0.3 is 0 Å². The molecule has 1 heterocycles. The third kappa shape index (κ3) is 6.23. The van der Waals surface area contributed by atoms with Crippen LogP contribution in [-0.2, 0) is 14.8 Å². The predicted octanol–water partition coefficient (Wildman–Crippen LogP) is 1.45. The molecular weight excluding hydrogens is 432 g/mol. The molecule has 0 fully saturated rings. The normalized spacial score (nSPS) is 21.8. The highest BCUT2D eigenvalue weighted by molar-refractivity contribution is 7.89. The van der Waals surface area contributed by atoms with Crippen LogP contribution in [0, 0.1) is 17.8 Å². The van der Waals surface area contributed by atoms with E-state index in [2.05, 4.69) is 11.8 Å². The van der Waals surface area contributed by atoms with Gasteiger partial charge in [0, 0.05) is 37.5 Å². The number of sulfonamides is 1. The highest BCUT2D eigenvalue weighted by atomic mass is 32.2. The van der Waals surface area contributed by atoms with E-state index in [1.165, 1.54) is 10.4 Å². The number of aliphatic hydroxyl groups excluding tert-OH is 1. The van der Waals surface area contributed by atoms with E-state index in [4.69, 9.17) is 4.74 Å². The van der Waals surface area contributed by atoms with E-state index in [-0.39, 0.29) is 42.2 Å². The van der Waals surface area contributed by atoms with Gasteiger partial charge in [-0.2, -0.15) is 4.31 Å². The number of carbonyl (C=O) groups excluding carboxylic acids is 1. The number of aliphatic hydroxyl groups is 2. The van der Waals surface area contributed by atoms with Gasteiger partial charge < -0.3 is 19.8 Å². The van der Waals surface area contributed by atoms with E-state index in [9.17, 15) is 23.4 Å². The molecule has 32 heavy (non-hydrogen) atoms. The van der Waals surface area contributed by atoms with Crippen LogP contribution in [0.25, 0.3) is 0 Å². The van der Waals surface area contributed by atoms with Crippen LogP contribution in [0.15, 0.2) is 23.1 Å². The van der Waals surface area contributed by atoms with Crippen molar-refractivity contribution in [3.8, 4) is 17.6 Å². The number of hydrogen-bond acceptors (Lipinski definition) is 6. The number of fused-ring (bicyclic) bond motifs is 1. The fourth-order valence-corrected chi connectivity index (χ4v) is 5.21. The van der Waals surface area contributed by atoms with Gasteiger partial charge in [0.25, 0.3) is 0 Å². The maximum Gasteiger partial charge on any atom is 0.247 e. The summed E-state index contributed by atoms with van der Waals surface area (Å²) in [6, 6.07) is 3.91. The topological polar surface area (TPSA) is 107 Å². The zero-order valence-electron chi connectivity index (χ0n) is 19.6. The second-order valence-electron chi connectivity index (χ2n) is 8.84. The molecule has 0 spiro atoms. The molecule has 178 valence electrons. The highest BCUT2D eigenvalue weighted by Gasteiger charge is 2.38. The van der Waals surface area contributed by atoms with Crippen LogP contribution in [0.4, 0.5) is 0 Å². The maximum absolute atomic E-state index is 13.4. The van der Waals surface area contributed by atoms with Gasteiger partial charge in [-0.3, -0.25) is 4.79 Å². The van der Waals surface area contributed by atoms with Crippen LogP contribution < -0.4 is 4.74 Å². The lowest BCUT2D eigenvalue weighted by Gasteiger charge is -2.37. The number of carbonyl (C=O) groups is 1. The minimum Gasteiger partial charge on any atom is -0.487 e. The predicted molar refractivity (Wildman–Crippen MR) is 122 cm³/mol. The number of likely N-dealkylation sites (N-methyl/N-ethyl adjacent to an activating group) is 1. The maximum atomic E-state index is 13.4. The minimum atomic E-state index is -3.95. The third-order valence-corrected chi connectivity index (χ3v) is 7.38. The molecule has 1 aromatic rings. The lowest BCUT2D eigenvalue weighted by Crippen LogP contribution is -2.50. The first-order chi connectivity index (χ1) is 14.8. The van der Waals surface area contributed by atoms with Crippen LogP contribution in [0.1, 0.15) is 46.6 Å². The SMILES string of the molecule is CCC(=O)N(C)C[C@@H]1Oc2cc(C#CC(C)(C)O)ccc2S(=O)(=O)N([C@@H](C)CO)C[C@@H]1C. The number of benzene rings is 1. The van der Waals surface area contributed by atoms with Crippen LogP contribution in [0.2, 0.25) is 0 Å². The molecule has 0 bridgehead atoms. The Morgan fingerprint density at radius 3 is 2.62 bits per heavy atom. The number of ether oxygens (including phenoxy) is 1. The average Bonchev–Trinajstić information content (AvgIpc) is 2.72. The van der Waals surface area contributed by atoms with E-state index in [0.29, 0.717) is 12.0 Å². The van der Waals surface area contributed by atoms with Crippen molar-refractivity contribution in [2.75, 3.05) is 26.7 Å². The Labute approximate surface area is 191 Å². The fraction of sp³-hybridized carbons (Fsp3) is 0.609. The molecule has 2 rings (SSSR count). The van der Waals surface area contributed by atoms with Crippen molar-refractivity contribution in [2.24, 2.45) is 5.92 Å². The first kappa shape index (κ1) is 26.1. The number of nitrogens with zero attached hydrogens (tertiary/aromatic N) is 2. The van der Waals surface area contributed by atoms with E-state index in [1.54, 1.807) is 51.8 Å². The molecule has 0 saturated carbocycles. The molecule has 1 amide bonds. The lowest BCUT2D eigenvalue weighted by molar-refractivity contribution is -0.131. The van der Waals surface area contributed by atoms with Crippen molar-refractivity contribution in [3.05, 3.63) is 23.8 Å². The molecular formula is C23H34N2O6S. The molecule has 0 unspecified atom stereocenters. The van der Waals surface area contributed by atoms with Gasteiger partial charge in [-0.1, -0.05) is 25.7 Å². The number of rotatable bonds is 5. The minimum absolute atomic E-state index is 0.0204. The summed E-state index contributed by atoms with van der Waals surface area (Å²) in [5.74, 6) is 5.39. The highest BCUT2D eigenvalue weighted by Crippen LogP contribution is 2.34. The zero-order chi connectivity index (χ0) is 24.3. The molecule has 8 nitrogen and oxygen atoms in total. The standard InChI is InChI=1S/C23H34N2O6S/c1-7-22(27)24(6)14-20-16(2)13-25(17(3)15-26)32(29,30)21-9-8-18(12-19(21)31-20)10-11-23(4,5)28/h8-9,12,16-17,20,26,28H,7,13-15H2,1-6H3/t16-,17-,20-/m0/s1. The summed E-state index contributed by atoms with van der Waals surface area (Å²) in [4.78, 5) is 13.7. The lowest BCUT2D eigenvalue weighted by atomic mass is 10.0. The van der Waals surface area contributed by atoms with E-state index in [0.717, 1.165) is 0 Å². The van der Waals surface area contributed by atoms with Crippen molar-refractivity contribution in [2.45, 2.75) is 63.7 Å². The summed E-state index contributed by atoms with van der Waals surface area (Å²) in [6.07, 6.45) is -0.122. The Bertz CT molecular complexity index is 990. The first-order valence-corrected chi connectivity index (χ1v) is 12.2. The summed E-state index contributed by atoms with van der Waals surface area (Å²) >= 11 is 0. The summed E-state index contributed by atoms with van der Waals surface area (Å²) in [7, 11) is -2.26. The second-order valence-corrected chi connectivity index (χ2v) is 10.7. The number of hydrogen-bond donors (Lipinski definition) is 2. The molecule has 0 aromatic heterocycles. The van der Waals surface area contributed by atoms with Gasteiger partial charge in [-0.25, -0.2) is 8.42 Å². The van der Waals surface area contributed by atoms with Crippen LogP contribution in [0.5, 0.6) is 5.75 Å². The Morgan fingerprint density at radius 2 is 2.06 bits per heavy atom. The van der Waals surface area contributed by atoms with Crippen molar-refractivity contribution in [1.29, 1.82) is 0 Å². The van der Waals surface area contributed by atoms with Gasteiger partial charge in [-0.05, 0) is 39.0 Å². The molecule has 1 aliphatic heterocycles. The Balaban J connectivity index is 2.60. The monoisotopic (exact) mass is 466 g/mol. The summed E-state index contributed by atoms with van der Waals surface area (Å²) in [6.45, 7) is 8.51. The van der Waals surface area contributed by atoms with Crippen molar-refractivity contribution >= 4 is 15.9 Å². The van der Waals surface area contributed by atoms with E-state index < -0.39 is 27.8 Å². The van der Waals surface area contributed by atoms with Crippen molar-refractivity contribution in [1.82, 2.24) is 9.21 Å². The quantitative estimate of drug-likeness (QED) is 0.636. The summed E-state index contributed by atoms with van der Waals surface area (Å²) in [5, 5.41) is 19.6. The molecule has 3 atom stereocenters. The van der Waals surface area contributed by atoms with Gasteiger partial charge in [-0.15, -0.1) is 0 Å². The van der Waals surface area contributed by atoms with Gasteiger partial charge in [0.15, 0.2) is 0 Å². The first-order valence-electron chi connectivity index (χ1n) is 10.7. The summed E-state index contributed by atoms with van der Waals surface area (Å²) < 4.78 is 34.3. The van der Waals surface area contributed by atoms with Crippen LogP contribution in [0.3, 0.4) is 0 Å². The fourth-order valence-electron chi connectivity index (χ4n) is 3.39. The van der Waals surface area contributed by atoms with Gasteiger partial charge in [0.1, 0.15) is 22.4 Å². The van der Waals surface area contributed by atoms with Gasteiger partial charge in [0.05, 0.1) is 13.2 Å². The van der Waals surface area contributed by atoms with E-state index in [1.807, 2.05) is 6.92 Å². The van der Waals surface area contributed by atoms with Crippen molar-refractivity contribution < 1.29 is 28.2 Å². The van der Waals surface area contributed by atoms with Crippen LogP contribution in [-0.4, -0.2) is 78.2 Å². The molecule has 0 aliphatic carbocycles. The molecule has 0 radical (unpaired) electrons. The molecule has 1 aliphatic rings. The Morgan fingerprint density at radius 1 is 1.41 bits per heavy atom. The van der Waals surface area contributed by atoms with E-state index >= 15 is 0 Å². The summed E-state index contributed by atoms with van der Waals surface area (Å²) in [5.41, 5.74) is -0.710. The smallest absolute Gasteiger partial charge is 0.247 e. The third-order valence-electron chi connectivity index (χ3n) is 5.36. The number of amides is 1. The Kier molecular flexibility index (Phi) is 8.34. The Hall–Kier alpha value is -2.12. The largest absolute Gasteiger partial charge is 0.487 e. The van der Waals surface area contributed by atoms with Gasteiger partial charge in [0.2, 0.25) is 15.9 Å².